The van der Waals surface area contributed by atoms with Crippen LogP contribution in [0.2, 0.25) is 0 Å². The summed E-state index contributed by atoms with van der Waals surface area (Å²) < 4.78 is 2.46. The molecule has 2 aromatic rings. The van der Waals surface area contributed by atoms with E-state index in [9.17, 15) is 9.90 Å². The van der Waals surface area contributed by atoms with Gasteiger partial charge in [0.15, 0.2) is 0 Å². The van der Waals surface area contributed by atoms with Crippen LogP contribution in [0, 0.1) is 11.8 Å². The lowest BCUT2D eigenvalue weighted by Crippen LogP contribution is -2.57. The number of aromatic nitrogens is 2. The predicted molar refractivity (Wildman–Crippen MR) is 147 cm³/mol. The Morgan fingerprint density at radius 1 is 0.892 bits per heavy atom. The summed E-state index contributed by atoms with van der Waals surface area (Å²) in [6.07, 6.45) is 15.9. The normalized spacial score (nSPS) is 36.6. The third-order valence-corrected chi connectivity index (χ3v) is 10.6. The highest BCUT2D eigenvalue weighted by Gasteiger charge is 2.46. The van der Waals surface area contributed by atoms with Crippen molar-refractivity contribution in [2.45, 2.75) is 114 Å². The van der Waals surface area contributed by atoms with E-state index in [0.29, 0.717) is 30.6 Å². The average molecular weight is 503 g/mol. The summed E-state index contributed by atoms with van der Waals surface area (Å²) in [4.78, 5) is 22.3. The molecule has 2 aliphatic carbocycles. The lowest BCUT2D eigenvalue weighted by Gasteiger charge is -2.53. The van der Waals surface area contributed by atoms with Crippen LogP contribution in [0.3, 0.4) is 0 Å². The number of carbonyl (C=O) groups is 1. The molecule has 4 bridgehead atoms. The summed E-state index contributed by atoms with van der Waals surface area (Å²) in [5, 5.41) is 9.95. The van der Waals surface area contributed by atoms with E-state index in [0.717, 1.165) is 49.1 Å². The zero-order valence-electron chi connectivity index (χ0n) is 22.1. The number of carboxylic acid groups (broad SMARTS) is 1. The molecule has 1 unspecified atom stereocenters. The van der Waals surface area contributed by atoms with Gasteiger partial charge in [0.2, 0.25) is 5.95 Å². The molecule has 6 nitrogen and oxygen atoms in total. The summed E-state index contributed by atoms with van der Waals surface area (Å²) in [5.41, 5.74) is 3.71. The molecular formula is C31H42N4O2. The third-order valence-electron chi connectivity index (χ3n) is 10.6. The summed E-state index contributed by atoms with van der Waals surface area (Å²) in [6.45, 7) is 5.31. The highest BCUT2D eigenvalue weighted by molar-refractivity contribution is 5.82. The van der Waals surface area contributed by atoms with E-state index in [1.54, 1.807) is 0 Å². The number of nitrogens with zero attached hydrogens (tertiary/aromatic N) is 4. The molecule has 6 heteroatoms. The van der Waals surface area contributed by atoms with E-state index in [1.165, 1.54) is 68.9 Å². The van der Waals surface area contributed by atoms with Crippen molar-refractivity contribution in [3.63, 3.8) is 0 Å². The van der Waals surface area contributed by atoms with Gasteiger partial charge in [-0.15, -0.1) is 0 Å². The first-order valence-corrected chi connectivity index (χ1v) is 15.0. The Morgan fingerprint density at radius 2 is 1.68 bits per heavy atom. The molecule has 4 heterocycles. The van der Waals surface area contributed by atoms with Gasteiger partial charge in [-0.25, -0.2) is 9.78 Å². The van der Waals surface area contributed by atoms with E-state index in [-0.39, 0.29) is 0 Å². The first-order valence-electron chi connectivity index (χ1n) is 15.0. The van der Waals surface area contributed by atoms with Crippen LogP contribution < -0.4 is 4.90 Å². The van der Waals surface area contributed by atoms with Crippen LogP contribution in [0.15, 0.2) is 36.4 Å². The number of para-hydroxylation sites is 2. The Bertz CT molecular complexity index is 1180. The van der Waals surface area contributed by atoms with Crippen molar-refractivity contribution in [1.82, 2.24) is 14.5 Å². The van der Waals surface area contributed by atoms with Crippen LogP contribution in [0.5, 0.6) is 0 Å². The molecule has 7 rings (SSSR count). The fourth-order valence-electron chi connectivity index (χ4n) is 9.09. The van der Waals surface area contributed by atoms with Crippen LogP contribution in [0.4, 0.5) is 5.95 Å². The molecule has 3 saturated heterocycles. The van der Waals surface area contributed by atoms with Crippen molar-refractivity contribution in [2.24, 2.45) is 11.8 Å². The highest BCUT2D eigenvalue weighted by atomic mass is 16.4. The minimum absolute atomic E-state index is 0.379. The van der Waals surface area contributed by atoms with Gasteiger partial charge in [0.25, 0.3) is 0 Å². The molecule has 7 atom stereocenters. The monoisotopic (exact) mass is 502 g/mol. The van der Waals surface area contributed by atoms with E-state index in [4.69, 9.17) is 4.98 Å². The molecule has 0 amide bonds. The molecule has 37 heavy (non-hydrogen) atoms. The third kappa shape index (κ3) is 4.10. The van der Waals surface area contributed by atoms with Crippen LogP contribution in [-0.4, -0.2) is 56.2 Å². The number of carboxylic acids is 1. The number of piperidine rings is 2. The van der Waals surface area contributed by atoms with Gasteiger partial charge in [-0.1, -0.05) is 43.5 Å². The van der Waals surface area contributed by atoms with Crippen molar-refractivity contribution in [2.75, 3.05) is 11.4 Å². The Kier molecular flexibility index (Phi) is 6.06. The summed E-state index contributed by atoms with van der Waals surface area (Å²) in [6, 6.07) is 10.3. The molecular weight excluding hydrogens is 460 g/mol. The second-order valence-electron chi connectivity index (χ2n) is 12.8. The smallest absolute Gasteiger partial charge is 0.326 e. The molecule has 198 valence electrons. The molecule has 2 saturated carbocycles. The van der Waals surface area contributed by atoms with Gasteiger partial charge in [0.05, 0.1) is 11.0 Å². The lowest BCUT2D eigenvalue weighted by molar-refractivity contribution is -0.138. The number of hydrogen-bond donors (Lipinski definition) is 1. The van der Waals surface area contributed by atoms with E-state index < -0.39 is 12.0 Å². The fraction of sp³-hybridized carbons (Fsp3) is 0.677. The number of aliphatic carboxylic acids is 1. The molecule has 1 aromatic heterocycles. The quantitative estimate of drug-likeness (QED) is 0.507. The molecule has 3 aliphatic heterocycles. The maximum Gasteiger partial charge on any atom is 0.326 e. The minimum atomic E-state index is -0.719. The fourth-order valence-corrected chi connectivity index (χ4v) is 9.09. The maximum absolute atomic E-state index is 12.1. The number of allylic oxidation sites excluding steroid dienone is 1. The minimum Gasteiger partial charge on any atom is -0.480 e. The molecule has 1 aromatic carbocycles. The molecule has 0 spiro atoms. The van der Waals surface area contributed by atoms with Crippen LogP contribution >= 0.6 is 0 Å². The standard InChI is InChI=1S/C31H42N4O2/c1-20-15-21-7-4-8-22(20)17-25(16-21)34-23-9-5-10-24(34)19-26(18-23)35-28-12-3-2-11-27(28)32-31(35)33-14-6-13-29(33)30(36)37/h2-3,11-12,21-26,29H,1,4-10,13-19H2,(H,36,37)/t21-,22-,23-,24+,25+,26?,29-/m0/s1. The van der Waals surface area contributed by atoms with Crippen molar-refractivity contribution in [1.29, 1.82) is 0 Å². The van der Waals surface area contributed by atoms with Crippen molar-refractivity contribution >= 4 is 23.0 Å². The van der Waals surface area contributed by atoms with Crippen LogP contribution in [0.1, 0.15) is 89.5 Å². The van der Waals surface area contributed by atoms with E-state index in [1.807, 2.05) is 0 Å². The zero-order valence-corrected chi connectivity index (χ0v) is 22.1. The van der Waals surface area contributed by atoms with Gasteiger partial charge in [0, 0.05) is 30.7 Å². The van der Waals surface area contributed by atoms with Gasteiger partial charge in [-0.3, -0.25) is 4.90 Å². The van der Waals surface area contributed by atoms with Gasteiger partial charge in [0.1, 0.15) is 6.04 Å². The Morgan fingerprint density at radius 3 is 2.49 bits per heavy atom. The number of fused-ring (bicyclic) bond motifs is 6. The number of benzene rings is 1. The average Bonchev–Trinajstić information content (AvgIpc) is 3.42. The van der Waals surface area contributed by atoms with Crippen molar-refractivity contribution in [3.8, 4) is 0 Å². The molecule has 5 fully saturated rings. The van der Waals surface area contributed by atoms with Gasteiger partial charge in [-0.2, -0.15) is 0 Å². The Hall–Kier alpha value is -2.34. The lowest BCUT2D eigenvalue weighted by atomic mass is 9.77. The number of imidazole rings is 1. The second-order valence-corrected chi connectivity index (χ2v) is 12.8. The Balaban J connectivity index is 1.22. The SMILES string of the molecule is C=C1C[C@@H]2CCC[C@H]1C[C@H](N1[C@@H]3CCC[C@H]1CC(n1c(N4CCC[C@H]4C(=O)O)nc4ccccc41)C3)C2. The maximum atomic E-state index is 12.1. The van der Waals surface area contributed by atoms with E-state index >= 15 is 0 Å². The van der Waals surface area contributed by atoms with Gasteiger partial charge in [-0.05, 0) is 88.2 Å². The largest absolute Gasteiger partial charge is 0.480 e. The first-order chi connectivity index (χ1) is 18.1. The topological polar surface area (TPSA) is 61.6 Å². The zero-order chi connectivity index (χ0) is 25.1. The van der Waals surface area contributed by atoms with Gasteiger partial charge < -0.3 is 14.6 Å². The second kappa shape index (κ2) is 9.44. The molecule has 1 N–H and O–H groups in total. The summed E-state index contributed by atoms with van der Waals surface area (Å²) in [5.74, 6) is 1.73. The van der Waals surface area contributed by atoms with Gasteiger partial charge >= 0.3 is 5.97 Å². The molecule has 0 radical (unpaired) electrons. The van der Waals surface area contributed by atoms with Crippen LogP contribution in [0.25, 0.3) is 11.0 Å². The number of anilines is 1. The first kappa shape index (κ1) is 23.8. The predicted octanol–water partition coefficient (Wildman–Crippen LogP) is 6.17. The van der Waals surface area contributed by atoms with Crippen molar-refractivity contribution < 1.29 is 9.90 Å². The summed E-state index contributed by atoms with van der Waals surface area (Å²) in [7, 11) is 0. The van der Waals surface area contributed by atoms with E-state index in [2.05, 4.69) is 45.2 Å². The Labute approximate surface area is 220 Å². The number of hydrogen-bond acceptors (Lipinski definition) is 4. The van der Waals surface area contributed by atoms with Crippen LogP contribution in [-0.2, 0) is 4.79 Å². The van der Waals surface area contributed by atoms with Crippen molar-refractivity contribution in [3.05, 3.63) is 36.4 Å². The highest BCUT2D eigenvalue weighted by Crippen LogP contribution is 2.48. The molecule has 5 aliphatic rings. The summed E-state index contributed by atoms with van der Waals surface area (Å²) >= 11 is 0. The number of rotatable bonds is 4.